The number of fused-ring (bicyclic) bond motifs is 1. The first kappa shape index (κ1) is 24.3. The molecule has 4 rings (SSSR count). The SMILES string of the molecule is COc1cc(N(C)CCCOC(N)=O)c([N+](=O)[O-])cc1Nc1nccc(-c2c[nH]c3ccccc23)n1. The summed E-state index contributed by atoms with van der Waals surface area (Å²) in [7, 11) is 3.17. The van der Waals surface area contributed by atoms with E-state index in [-0.39, 0.29) is 18.2 Å². The minimum absolute atomic E-state index is 0.106. The van der Waals surface area contributed by atoms with Gasteiger partial charge in [-0.15, -0.1) is 0 Å². The zero-order chi connectivity index (χ0) is 25.7. The highest BCUT2D eigenvalue weighted by Gasteiger charge is 2.22. The van der Waals surface area contributed by atoms with Crippen LogP contribution in [0, 0.1) is 10.1 Å². The van der Waals surface area contributed by atoms with Gasteiger partial charge in [-0.05, 0) is 18.6 Å². The zero-order valence-electron chi connectivity index (χ0n) is 19.7. The van der Waals surface area contributed by atoms with Crippen LogP contribution in [-0.4, -0.2) is 53.3 Å². The van der Waals surface area contributed by atoms with Gasteiger partial charge in [0.2, 0.25) is 5.95 Å². The molecule has 1 amide bonds. The van der Waals surface area contributed by atoms with Crippen LogP contribution in [0.2, 0.25) is 0 Å². The molecule has 36 heavy (non-hydrogen) atoms. The molecule has 0 unspecified atom stereocenters. The fourth-order valence-corrected chi connectivity index (χ4v) is 3.84. The molecule has 12 nitrogen and oxygen atoms in total. The number of carbonyl (C=O) groups is 1. The third-order valence-electron chi connectivity index (χ3n) is 5.55. The number of aromatic amines is 1. The van der Waals surface area contributed by atoms with Crippen molar-refractivity contribution in [3.63, 3.8) is 0 Å². The number of nitrogens with one attached hydrogen (secondary N) is 2. The molecule has 0 aliphatic carbocycles. The number of ether oxygens (including phenoxy) is 2. The van der Waals surface area contributed by atoms with Gasteiger partial charge in [0.05, 0.1) is 30.0 Å². The summed E-state index contributed by atoms with van der Waals surface area (Å²) in [4.78, 5) is 35.9. The number of benzene rings is 2. The van der Waals surface area contributed by atoms with Crippen LogP contribution < -0.4 is 20.7 Å². The van der Waals surface area contributed by atoms with E-state index in [2.05, 4.69) is 20.3 Å². The van der Waals surface area contributed by atoms with Gasteiger partial charge in [0, 0.05) is 54.6 Å². The van der Waals surface area contributed by atoms with Gasteiger partial charge >= 0.3 is 6.09 Å². The first-order valence-electron chi connectivity index (χ1n) is 11.0. The predicted octanol–water partition coefficient (Wildman–Crippen LogP) is 4.21. The van der Waals surface area contributed by atoms with Crippen LogP contribution in [0.3, 0.4) is 0 Å². The predicted molar refractivity (Wildman–Crippen MR) is 136 cm³/mol. The molecule has 0 fully saturated rings. The minimum Gasteiger partial charge on any atom is -0.494 e. The maximum absolute atomic E-state index is 11.9. The monoisotopic (exact) mass is 491 g/mol. The first-order chi connectivity index (χ1) is 17.4. The number of hydrogen-bond donors (Lipinski definition) is 3. The number of para-hydroxylation sites is 1. The first-order valence-corrected chi connectivity index (χ1v) is 11.0. The molecule has 0 bridgehead atoms. The van der Waals surface area contributed by atoms with Gasteiger partial charge in [0.15, 0.2) is 0 Å². The van der Waals surface area contributed by atoms with Crippen molar-refractivity contribution in [3.8, 4) is 17.0 Å². The van der Waals surface area contributed by atoms with Gasteiger partial charge in [0.1, 0.15) is 11.4 Å². The lowest BCUT2D eigenvalue weighted by Crippen LogP contribution is -2.22. The number of H-pyrrole nitrogens is 1. The van der Waals surface area contributed by atoms with E-state index in [1.165, 1.54) is 13.2 Å². The summed E-state index contributed by atoms with van der Waals surface area (Å²) in [6.07, 6.45) is 3.06. The molecule has 12 heteroatoms. The Kier molecular flexibility index (Phi) is 7.14. The molecule has 4 aromatic rings. The number of methoxy groups -OCH3 is 1. The summed E-state index contributed by atoms with van der Waals surface area (Å²) in [5, 5.41) is 15.9. The molecule has 0 atom stereocenters. The second-order valence-corrected chi connectivity index (χ2v) is 7.88. The lowest BCUT2D eigenvalue weighted by Gasteiger charge is -2.21. The van der Waals surface area contributed by atoms with Crippen molar-refractivity contribution in [2.24, 2.45) is 5.73 Å². The summed E-state index contributed by atoms with van der Waals surface area (Å²) in [6.45, 7) is 0.494. The van der Waals surface area contributed by atoms with Gasteiger partial charge in [-0.2, -0.15) is 0 Å². The van der Waals surface area contributed by atoms with E-state index in [1.807, 2.05) is 30.5 Å². The number of nitro benzene ring substituents is 1. The summed E-state index contributed by atoms with van der Waals surface area (Å²) in [5.74, 6) is 0.631. The molecule has 0 saturated heterocycles. The van der Waals surface area contributed by atoms with Crippen LogP contribution in [0.5, 0.6) is 5.75 Å². The maximum Gasteiger partial charge on any atom is 0.404 e. The van der Waals surface area contributed by atoms with E-state index in [0.29, 0.717) is 35.8 Å². The van der Waals surface area contributed by atoms with E-state index in [4.69, 9.17) is 15.2 Å². The molecular formula is C24H25N7O5. The average Bonchev–Trinajstić information content (AvgIpc) is 3.30. The average molecular weight is 492 g/mol. The Bertz CT molecular complexity index is 1400. The Labute approximate surface area is 206 Å². The van der Waals surface area contributed by atoms with Gasteiger partial charge in [0.25, 0.3) is 5.69 Å². The van der Waals surface area contributed by atoms with E-state index < -0.39 is 11.0 Å². The number of hydrogen-bond acceptors (Lipinski definition) is 9. The number of nitrogens with two attached hydrogens (primary N) is 1. The van der Waals surface area contributed by atoms with Crippen LogP contribution >= 0.6 is 0 Å². The lowest BCUT2D eigenvalue weighted by atomic mass is 10.1. The largest absolute Gasteiger partial charge is 0.494 e. The Morgan fingerprint density at radius 1 is 1.28 bits per heavy atom. The number of amides is 1. The summed E-state index contributed by atoms with van der Waals surface area (Å²) in [5.41, 5.74) is 8.10. The Hall–Kier alpha value is -4.87. The maximum atomic E-state index is 11.9. The van der Waals surface area contributed by atoms with Crippen LogP contribution in [0.4, 0.5) is 27.8 Å². The van der Waals surface area contributed by atoms with Gasteiger partial charge in [-0.1, -0.05) is 18.2 Å². The number of rotatable bonds is 10. The number of nitro groups is 1. The molecule has 4 N–H and O–H groups in total. The summed E-state index contributed by atoms with van der Waals surface area (Å²) < 4.78 is 10.2. The number of carbonyl (C=O) groups excluding carboxylic acids is 1. The number of anilines is 3. The van der Waals surface area contributed by atoms with Crippen LogP contribution in [0.15, 0.2) is 54.9 Å². The second kappa shape index (κ2) is 10.6. The van der Waals surface area contributed by atoms with E-state index in [1.54, 1.807) is 30.3 Å². The van der Waals surface area contributed by atoms with Crippen molar-refractivity contribution in [2.45, 2.75) is 6.42 Å². The fourth-order valence-electron chi connectivity index (χ4n) is 3.84. The third kappa shape index (κ3) is 5.27. The summed E-state index contributed by atoms with van der Waals surface area (Å²) >= 11 is 0. The second-order valence-electron chi connectivity index (χ2n) is 7.88. The third-order valence-corrected chi connectivity index (χ3v) is 5.55. The smallest absolute Gasteiger partial charge is 0.404 e. The van der Waals surface area contributed by atoms with Crippen molar-refractivity contribution in [1.82, 2.24) is 15.0 Å². The van der Waals surface area contributed by atoms with Crippen LogP contribution in [0.1, 0.15) is 6.42 Å². The van der Waals surface area contributed by atoms with Crippen LogP contribution in [-0.2, 0) is 4.74 Å². The highest BCUT2D eigenvalue weighted by Crippen LogP contribution is 2.39. The molecule has 0 aliphatic rings. The standard InChI is InChI=1S/C24H25N7O5/c1-30(10-5-11-36-23(25)32)20-13-22(35-2)19(12-21(20)31(33)34)29-24-26-9-8-18(28-24)16-14-27-17-7-4-3-6-15(16)17/h3-4,6-9,12-14,27H,5,10-11H2,1-2H3,(H2,25,32)(H,26,28,29). The van der Waals surface area contributed by atoms with Crippen molar-refractivity contribution in [1.29, 1.82) is 0 Å². The zero-order valence-corrected chi connectivity index (χ0v) is 19.7. The molecule has 0 aliphatic heterocycles. The molecule has 0 radical (unpaired) electrons. The lowest BCUT2D eigenvalue weighted by molar-refractivity contribution is -0.384. The molecule has 0 saturated carbocycles. The highest BCUT2D eigenvalue weighted by atomic mass is 16.6. The van der Waals surface area contributed by atoms with Gasteiger partial charge < -0.3 is 30.4 Å². The molecule has 186 valence electrons. The number of nitrogens with zero attached hydrogens (tertiary/aromatic N) is 4. The van der Waals surface area contributed by atoms with Crippen LogP contribution in [0.25, 0.3) is 22.2 Å². The molecule has 2 aromatic carbocycles. The van der Waals surface area contributed by atoms with Crippen molar-refractivity contribution < 1.29 is 19.2 Å². The molecule has 2 aromatic heterocycles. The Morgan fingerprint density at radius 3 is 2.83 bits per heavy atom. The van der Waals surface area contributed by atoms with E-state index in [9.17, 15) is 14.9 Å². The van der Waals surface area contributed by atoms with E-state index in [0.717, 1.165) is 16.5 Å². The topological polar surface area (TPSA) is 162 Å². The minimum atomic E-state index is -0.864. The van der Waals surface area contributed by atoms with Gasteiger partial charge in [-0.25, -0.2) is 14.8 Å². The van der Waals surface area contributed by atoms with Gasteiger partial charge in [-0.3, -0.25) is 10.1 Å². The number of aromatic nitrogens is 3. The molecule has 0 spiro atoms. The normalized spacial score (nSPS) is 10.7. The Balaban J connectivity index is 1.61. The van der Waals surface area contributed by atoms with Crippen molar-refractivity contribution >= 4 is 40.0 Å². The highest BCUT2D eigenvalue weighted by molar-refractivity contribution is 5.94. The van der Waals surface area contributed by atoms with Crippen molar-refractivity contribution in [3.05, 3.63) is 65.0 Å². The fraction of sp³-hybridized carbons (Fsp3) is 0.208. The number of primary amides is 1. The summed E-state index contributed by atoms with van der Waals surface area (Å²) in [6, 6.07) is 12.6. The molecular weight excluding hydrogens is 466 g/mol. The molecule has 2 heterocycles. The van der Waals surface area contributed by atoms with Crippen molar-refractivity contribution in [2.75, 3.05) is 37.5 Å². The Morgan fingerprint density at radius 2 is 2.08 bits per heavy atom. The quantitative estimate of drug-likeness (QED) is 0.168. The van der Waals surface area contributed by atoms with E-state index >= 15 is 0 Å².